The van der Waals surface area contributed by atoms with Crippen LogP contribution in [0, 0.1) is 11.8 Å². The van der Waals surface area contributed by atoms with Crippen LogP contribution in [0.25, 0.3) is 0 Å². The van der Waals surface area contributed by atoms with Gasteiger partial charge in [-0.1, -0.05) is 31.9 Å². The molecule has 4 rings (SSSR count). The molecular weight excluding hydrogens is 538 g/mol. The summed E-state index contributed by atoms with van der Waals surface area (Å²) in [7, 11) is 1.60. The molecule has 0 aromatic heterocycles. The van der Waals surface area contributed by atoms with Gasteiger partial charge in [0.05, 0.1) is 23.7 Å². The standard InChI is InChI=1S/C32H45N3O5S/c1-5-18-33(19-6-2)29(37)26-25-16-17-32(41-25)27(26)30(38)35(21-10-8-9-11-22-36)28(32)31(39)34(20-7-3)23-12-14-24(40-4)15-13-23/h5,7,12-15,25-28,36H,1,3,6,8-11,16-22H2,2,4H3/t25-,26+,27+,28?,32?/m1/s1. The maximum atomic E-state index is 14.6. The Morgan fingerprint density at radius 2 is 1.83 bits per heavy atom. The Labute approximate surface area is 248 Å². The number of benzene rings is 1. The number of amides is 3. The number of hydrogen-bond acceptors (Lipinski definition) is 6. The number of anilines is 1. The summed E-state index contributed by atoms with van der Waals surface area (Å²) >= 11 is 1.71. The lowest BCUT2D eigenvalue weighted by Gasteiger charge is -2.37. The molecule has 5 atom stereocenters. The zero-order chi connectivity index (χ0) is 29.6. The smallest absolute Gasteiger partial charge is 0.251 e. The van der Waals surface area contributed by atoms with E-state index in [2.05, 4.69) is 13.2 Å². The van der Waals surface area contributed by atoms with Gasteiger partial charge in [-0.25, -0.2) is 0 Å². The van der Waals surface area contributed by atoms with Crippen LogP contribution in [0.5, 0.6) is 5.75 Å². The topological polar surface area (TPSA) is 90.4 Å². The number of hydrogen-bond donors (Lipinski definition) is 1. The first kappa shape index (κ1) is 31.2. The first-order chi connectivity index (χ1) is 19.9. The van der Waals surface area contributed by atoms with Gasteiger partial charge >= 0.3 is 0 Å². The fourth-order valence-corrected chi connectivity index (χ4v) is 9.20. The summed E-state index contributed by atoms with van der Waals surface area (Å²) in [6.07, 6.45) is 9.02. The lowest BCUT2D eigenvalue weighted by Crippen LogP contribution is -2.55. The highest BCUT2D eigenvalue weighted by Crippen LogP contribution is 2.66. The van der Waals surface area contributed by atoms with Crippen LogP contribution in [0.2, 0.25) is 0 Å². The average Bonchev–Trinajstić information content (AvgIpc) is 3.62. The van der Waals surface area contributed by atoms with Gasteiger partial charge in [-0.3, -0.25) is 14.4 Å². The number of ether oxygens (including phenoxy) is 1. The number of thioether (sulfide) groups is 1. The number of carbonyl (C=O) groups excluding carboxylic acids is 3. The van der Waals surface area contributed by atoms with Crippen LogP contribution in [0.1, 0.15) is 51.9 Å². The summed E-state index contributed by atoms with van der Waals surface area (Å²) < 4.78 is 4.68. The first-order valence-electron chi connectivity index (χ1n) is 14.9. The van der Waals surface area contributed by atoms with E-state index in [0.717, 1.165) is 50.6 Å². The Balaban J connectivity index is 1.71. The number of nitrogens with zero attached hydrogens (tertiary/aromatic N) is 3. The van der Waals surface area contributed by atoms with E-state index < -0.39 is 22.6 Å². The van der Waals surface area contributed by atoms with Crippen LogP contribution in [-0.2, 0) is 14.4 Å². The second-order valence-corrected chi connectivity index (χ2v) is 12.8. The van der Waals surface area contributed by atoms with E-state index in [1.54, 1.807) is 40.8 Å². The summed E-state index contributed by atoms with van der Waals surface area (Å²) in [5.41, 5.74) is 0.719. The number of likely N-dealkylation sites (tertiary alicyclic amines) is 1. The van der Waals surface area contributed by atoms with Crippen molar-refractivity contribution < 1.29 is 24.2 Å². The molecule has 3 saturated heterocycles. The van der Waals surface area contributed by atoms with Gasteiger partial charge in [0.2, 0.25) is 11.8 Å². The molecule has 2 bridgehead atoms. The monoisotopic (exact) mass is 583 g/mol. The van der Waals surface area contributed by atoms with Gasteiger partial charge in [0.1, 0.15) is 11.8 Å². The summed E-state index contributed by atoms with van der Waals surface area (Å²) in [4.78, 5) is 48.3. The molecule has 3 amide bonds. The Morgan fingerprint density at radius 3 is 2.46 bits per heavy atom. The predicted molar refractivity (Wildman–Crippen MR) is 164 cm³/mol. The van der Waals surface area contributed by atoms with Gasteiger partial charge in [-0.05, 0) is 56.4 Å². The SMILES string of the molecule is C=CCN(CCC)C(=O)[C@@H]1[C@H]2C(=O)N(CCCCCCO)C(C(=O)N(CC=C)c3ccc(OC)cc3)C23CC[C@H]1S3. The molecule has 0 saturated carbocycles. The lowest BCUT2D eigenvalue weighted by atomic mass is 9.70. The summed E-state index contributed by atoms with van der Waals surface area (Å²) in [6, 6.07) is 6.70. The van der Waals surface area contributed by atoms with E-state index in [4.69, 9.17) is 4.74 Å². The van der Waals surface area contributed by atoms with Crippen LogP contribution < -0.4 is 9.64 Å². The maximum Gasteiger partial charge on any atom is 0.251 e. The Bertz CT molecular complexity index is 1110. The molecule has 3 heterocycles. The first-order valence-corrected chi connectivity index (χ1v) is 15.8. The third kappa shape index (κ3) is 5.93. The van der Waals surface area contributed by atoms with Crippen molar-refractivity contribution in [2.45, 2.75) is 67.9 Å². The molecule has 3 aliphatic rings. The van der Waals surface area contributed by atoms with Crippen molar-refractivity contribution in [1.29, 1.82) is 0 Å². The van der Waals surface area contributed by atoms with Gasteiger partial charge in [-0.15, -0.1) is 24.9 Å². The molecule has 0 radical (unpaired) electrons. The number of aliphatic hydroxyl groups excluding tert-OH is 1. The van der Waals surface area contributed by atoms with E-state index in [0.29, 0.717) is 31.9 Å². The fraction of sp³-hybridized carbons (Fsp3) is 0.594. The number of unbranched alkanes of at least 4 members (excludes halogenated alkanes) is 3. The van der Waals surface area contributed by atoms with Crippen molar-refractivity contribution in [2.24, 2.45) is 11.8 Å². The van der Waals surface area contributed by atoms with E-state index in [1.165, 1.54) is 0 Å². The zero-order valence-electron chi connectivity index (χ0n) is 24.5. The van der Waals surface area contributed by atoms with Crippen molar-refractivity contribution in [2.75, 3.05) is 44.8 Å². The number of rotatable bonds is 16. The molecule has 1 spiro atoms. The third-order valence-electron chi connectivity index (χ3n) is 8.74. The van der Waals surface area contributed by atoms with Crippen molar-refractivity contribution in [3.63, 3.8) is 0 Å². The highest BCUT2D eigenvalue weighted by molar-refractivity contribution is 8.02. The highest BCUT2D eigenvalue weighted by atomic mass is 32.2. The lowest BCUT2D eigenvalue weighted by molar-refractivity contribution is -0.143. The number of aliphatic hydroxyl groups is 1. The van der Waals surface area contributed by atoms with Crippen molar-refractivity contribution in [1.82, 2.24) is 9.80 Å². The second kappa shape index (κ2) is 13.9. The molecule has 3 fully saturated rings. The Kier molecular flexibility index (Phi) is 10.6. The summed E-state index contributed by atoms with van der Waals surface area (Å²) in [5, 5.41) is 9.22. The molecule has 8 nitrogen and oxygen atoms in total. The summed E-state index contributed by atoms with van der Waals surface area (Å²) in [5.74, 6) is -0.437. The largest absolute Gasteiger partial charge is 0.497 e. The van der Waals surface area contributed by atoms with Crippen molar-refractivity contribution in [3.05, 3.63) is 49.6 Å². The Morgan fingerprint density at radius 1 is 1.12 bits per heavy atom. The molecule has 2 unspecified atom stereocenters. The molecule has 3 aliphatic heterocycles. The molecule has 41 heavy (non-hydrogen) atoms. The second-order valence-electron chi connectivity index (χ2n) is 11.2. The van der Waals surface area contributed by atoms with Gasteiger partial charge in [0.25, 0.3) is 5.91 Å². The quantitative estimate of drug-likeness (QED) is 0.231. The van der Waals surface area contributed by atoms with Crippen LogP contribution in [0.4, 0.5) is 5.69 Å². The third-order valence-corrected chi connectivity index (χ3v) is 10.7. The van der Waals surface area contributed by atoms with E-state index in [-0.39, 0.29) is 29.6 Å². The average molecular weight is 584 g/mol. The van der Waals surface area contributed by atoms with Crippen molar-refractivity contribution in [3.8, 4) is 5.75 Å². The van der Waals surface area contributed by atoms with Gasteiger partial charge in [-0.2, -0.15) is 0 Å². The van der Waals surface area contributed by atoms with Crippen molar-refractivity contribution >= 4 is 35.2 Å². The number of fused-ring (bicyclic) bond motifs is 1. The maximum absolute atomic E-state index is 14.6. The molecule has 1 aromatic carbocycles. The van der Waals surface area contributed by atoms with E-state index in [9.17, 15) is 19.5 Å². The van der Waals surface area contributed by atoms with Crippen LogP contribution in [0.3, 0.4) is 0 Å². The molecule has 1 aromatic rings. The zero-order valence-corrected chi connectivity index (χ0v) is 25.3. The van der Waals surface area contributed by atoms with Crippen LogP contribution in [-0.4, -0.2) is 88.6 Å². The molecule has 1 N–H and O–H groups in total. The minimum absolute atomic E-state index is 0.0123. The number of methoxy groups -OCH3 is 1. The minimum atomic E-state index is -0.660. The number of carbonyl (C=O) groups is 3. The van der Waals surface area contributed by atoms with Gasteiger partial charge in [0, 0.05) is 43.7 Å². The van der Waals surface area contributed by atoms with E-state index in [1.807, 2.05) is 36.1 Å². The molecular formula is C32H45N3O5S. The van der Waals surface area contributed by atoms with Crippen LogP contribution in [0.15, 0.2) is 49.6 Å². The van der Waals surface area contributed by atoms with E-state index >= 15 is 0 Å². The molecule has 224 valence electrons. The summed E-state index contributed by atoms with van der Waals surface area (Å²) in [6.45, 7) is 11.8. The highest BCUT2D eigenvalue weighted by Gasteiger charge is 2.74. The van der Waals surface area contributed by atoms with Gasteiger partial charge < -0.3 is 24.5 Å². The Hall–Kier alpha value is -2.78. The molecule has 0 aliphatic carbocycles. The van der Waals surface area contributed by atoms with Gasteiger partial charge in [0.15, 0.2) is 0 Å². The van der Waals surface area contributed by atoms with Crippen LogP contribution >= 0.6 is 11.8 Å². The fourth-order valence-electron chi connectivity index (χ4n) is 6.99. The normalized spacial score (nSPS) is 26.1. The molecule has 9 heteroatoms. The predicted octanol–water partition coefficient (Wildman–Crippen LogP) is 4.28. The minimum Gasteiger partial charge on any atom is -0.497 e.